The lowest BCUT2D eigenvalue weighted by Crippen LogP contribution is -2.39. The first-order chi connectivity index (χ1) is 13.2. The Balaban J connectivity index is 1.79. The zero-order valence-corrected chi connectivity index (χ0v) is 16.3. The summed E-state index contributed by atoms with van der Waals surface area (Å²) in [7, 11) is 0. The van der Waals surface area contributed by atoms with E-state index in [1.165, 1.54) is 44.2 Å². The maximum atomic E-state index is 13.0. The number of fused-ring (bicyclic) bond motifs is 1. The average Bonchev–Trinajstić information content (AvgIpc) is 2.62. The predicted molar refractivity (Wildman–Crippen MR) is 103 cm³/mol. The first-order valence-corrected chi connectivity index (χ1v) is 8.88. The summed E-state index contributed by atoms with van der Waals surface area (Å²) >= 11 is 6.16. The molecule has 5 nitrogen and oxygen atoms in total. The standard InChI is InChI=1S/C21H18ClFO5/c1-12-8-18-16(10-17(12)22)13(9-19(24)27-18)11-26-20(25)21(2,3)28-15-6-4-14(23)5-7-15/h4-10H,11H2,1-3H3. The van der Waals surface area contributed by atoms with Gasteiger partial charge in [0.05, 0.1) is 0 Å². The van der Waals surface area contributed by atoms with Crippen molar-refractivity contribution in [2.45, 2.75) is 33.0 Å². The second-order valence-corrected chi connectivity index (χ2v) is 7.24. The van der Waals surface area contributed by atoms with Gasteiger partial charge < -0.3 is 13.9 Å². The predicted octanol–water partition coefficient (Wildman–Crippen LogP) is 4.79. The van der Waals surface area contributed by atoms with Crippen molar-refractivity contribution >= 4 is 28.5 Å². The Kier molecular flexibility index (Phi) is 5.42. The van der Waals surface area contributed by atoms with E-state index in [0.29, 0.717) is 27.3 Å². The summed E-state index contributed by atoms with van der Waals surface area (Å²) in [5.41, 5.74) is -0.273. The minimum atomic E-state index is -1.32. The summed E-state index contributed by atoms with van der Waals surface area (Å²) in [5.74, 6) is -0.718. The normalized spacial score (nSPS) is 11.5. The van der Waals surface area contributed by atoms with Crippen LogP contribution in [-0.4, -0.2) is 11.6 Å². The monoisotopic (exact) mass is 404 g/mol. The Morgan fingerprint density at radius 1 is 1.18 bits per heavy atom. The third-order valence-electron chi connectivity index (χ3n) is 4.15. The van der Waals surface area contributed by atoms with Crippen LogP contribution in [0.1, 0.15) is 25.0 Å². The van der Waals surface area contributed by atoms with Crippen molar-refractivity contribution in [1.82, 2.24) is 0 Å². The molecule has 0 spiro atoms. The lowest BCUT2D eigenvalue weighted by atomic mass is 10.1. The highest BCUT2D eigenvalue weighted by Gasteiger charge is 2.32. The van der Waals surface area contributed by atoms with Crippen LogP contribution in [0.5, 0.6) is 5.75 Å². The van der Waals surface area contributed by atoms with Crippen molar-refractivity contribution in [2.75, 3.05) is 0 Å². The van der Waals surface area contributed by atoms with E-state index in [2.05, 4.69) is 0 Å². The van der Waals surface area contributed by atoms with Gasteiger partial charge in [-0.2, -0.15) is 0 Å². The minimum absolute atomic E-state index is 0.156. The second kappa shape index (κ2) is 7.64. The van der Waals surface area contributed by atoms with Gasteiger partial charge in [-0.3, -0.25) is 0 Å². The first kappa shape index (κ1) is 19.9. The Morgan fingerprint density at radius 2 is 1.86 bits per heavy atom. The lowest BCUT2D eigenvalue weighted by molar-refractivity contribution is -0.160. The van der Waals surface area contributed by atoms with Gasteiger partial charge in [0.1, 0.15) is 23.8 Å². The third kappa shape index (κ3) is 4.34. The maximum Gasteiger partial charge on any atom is 0.350 e. The number of esters is 1. The number of ether oxygens (including phenoxy) is 2. The van der Waals surface area contributed by atoms with Crippen LogP contribution in [0.4, 0.5) is 4.39 Å². The van der Waals surface area contributed by atoms with E-state index in [0.717, 1.165) is 5.56 Å². The molecule has 0 atom stereocenters. The fourth-order valence-corrected chi connectivity index (χ4v) is 2.79. The molecule has 0 amide bonds. The molecular weight excluding hydrogens is 387 g/mol. The van der Waals surface area contributed by atoms with E-state index in [9.17, 15) is 14.0 Å². The molecule has 0 aliphatic carbocycles. The van der Waals surface area contributed by atoms with E-state index in [-0.39, 0.29) is 6.61 Å². The van der Waals surface area contributed by atoms with E-state index >= 15 is 0 Å². The van der Waals surface area contributed by atoms with Crippen LogP contribution in [-0.2, 0) is 16.1 Å². The van der Waals surface area contributed by atoms with Crippen LogP contribution in [0.15, 0.2) is 51.7 Å². The minimum Gasteiger partial charge on any atom is -0.476 e. The topological polar surface area (TPSA) is 65.7 Å². The summed E-state index contributed by atoms with van der Waals surface area (Å²) < 4.78 is 29.2. The molecule has 7 heteroatoms. The van der Waals surface area contributed by atoms with Gasteiger partial charge in [0, 0.05) is 22.0 Å². The molecule has 146 valence electrons. The van der Waals surface area contributed by atoms with Gasteiger partial charge in [0.15, 0.2) is 5.60 Å². The largest absolute Gasteiger partial charge is 0.476 e. The molecule has 0 radical (unpaired) electrons. The smallest absolute Gasteiger partial charge is 0.350 e. The van der Waals surface area contributed by atoms with Gasteiger partial charge >= 0.3 is 11.6 Å². The summed E-state index contributed by atoms with van der Waals surface area (Å²) in [5, 5.41) is 1.09. The lowest BCUT2D eigenvalue weighted by Gasteiger charge is -2.24. The Bertz CT molecular complexity index is 1090. The van der Waals surface area contributed by atoms with Gasteiger partial charge in [0.2, 0.25) is 0 Å². The molecule has 0 saturated carbocycles. The van der Waals surface area contributed by atoms with Gasteiger partial charge in [-0.25, -0.2) is 14.0 Å². The number of carbonyl (C=O) groups excluding carboxylic acids is 1. The maximum absolute atomic E-state index is 13.0. The molecule has 0 fully saturated rings. The number of benzene rings is 2. The molecule has 28 heavy (non-hydrogen) atoms. The fourth-order valence-electron chi connectivity index (χ4n) is 2.62. The van der Waals surface area contributed by atoms with Gasteiger partial charge in [0.25, 0.3) is 0 Å². The molecule has 1 aromatic heterocycles. The number of hydrogen-bond donors (Lipinski definition) is 0. The van der Waals surface area contributed by atoms with Crippen molar-refractivity contribution in [2.24, 2.45) is 0 Å². The van der Waals surface area contributed by atoms with Crippen molar-refractivity contribution in [3.63, 3.8) is 0 Å². The van der Waals surface area contributed by atoms with Gasteiger partial charge in [-0.1, -0.05) is 11.6 Å². The molecule has 0 aliphatic rings. The molecule has 0 N–H and O–H groups in total. The Labute approximate surface area is 165 Å². The van der Waals surface area contributed by atoms with Crippen LogP contribution in [0.2, 0.25) is 5.02 Å². The van der Waals surface area contributed by atoms with E-state index < -0.39 is 23.0 Å². The highest BCUT2D eigenvalue weighted by Crippen LogP contribution is 2.26. The summed E-state index contributed by atoms with van der Waals surface area (Å²) in [6.07, 6.45) is 0. The SMILES string of the molecule is Cc1cc2oc(=O)cc(COC(=O)C(C)(C)Oc3ccc(F)cc3)c2cc1Cl. The zero-order valence-electron chi connectivity index (χ0n) is 15.5. The van der Waals surface area contributed by atoms with Gasteiger partial charge in [-0.05, 0) is 62.7 Å². The van der Waals surface area contributed by atoms with Crippen LogP contribution >= 0.6 is 11.6 Å². The molecule has 3 aromatic rings. The first-order valence-electron chi connectivity index (χ1n) is 8.50. The van der Waals surface area contributed by atoms with E-state index in [1.54, 1.807) is 19.1 Å². The molecule has 0 aliphatic heterocycles. The molecule has 1 heterocycles. The van der Waals surface area contributed by atoms with Crippen molar-refractivity contribution in [3.05, 3.63) is 74.9 Å². The Morgan fingerprint density at radius 3 is 2.54 bits per heavy atom. The highest BCUT2D eigenvalue weighted by atomic mass is 35.5. The van der Waals surface area contributed by atoms with E-state index in [1.807, 2.05) is 0 Å². The van der Waals surface area contributed by atoms with Crippen molar-refractivity contribution in [1.29, 1.82) is 0 Å². The number of hydrogen-bond acceptors (Lipinski definition) is 5. The third-order valence-corrected chi connectivity index (χ3v) is 4.55. The van der Waals surface area contributed by atoms with E-state index in [4.69, 9.17) is 25.5 Å². The van der Waals surface area contributed by atoms with Gasteiger partial charge in [-0.15, -0.1) is 0 Å². The fraction of sp³-hybridized carbons (Fsp3) is 0.238. The number of halogens is 2. The summed E-state index contributed by atoms with van der Waals surface area (Å²) in [6.45, 7) is 4.72. The second-order valence-electron chi connectivity index (χ2n) is 6.83. The highest BCUT2D eigenvalue weighted by molar-refractivity contribution is 6.32. The molecule has 2 aromatic carbocycles. The number of carbonyl (C=O) groups is 1. The number of rotatable bonds is 5. The summed E-state index contributed by atoms with van der Waals surface area (Å²) in [6, 6.07) is 9.89. The molecule has 0 unspecified atom stereocenters. The van der Waals surface area contributed by atoms with Crippen LogP contribution in [0.3, 0.4) is 0 Å². The molecule has 0 bridgehead atoms. The van der Waals surface area contributed by atoms with Crippen molar-refractivity contribution < 1.29 is 23.1 Å². The number of aryl methyl sites for hydroxylation is 1. The zero-order chi connectivity index (χ0) is 20.5. The van der Waals surface area contributed by atoms with Crippen LogP contribution < -0.4 is 10.4 Å². The summed E-state index contributed by atoms with van der Waals surface area (Å²) in [4.78, 5) is 24.3. The molecule has 0 saturated heterocycles. The molecule has 3 rings (SSSR count). The Hall–Kier alpha value is -2.86. The van der Waals surface area contributed by atoms with Crippen LogP contribution in [0.25, 0.3) is 11.0 Å². The van der Waals surface area contributed by atoms with Crippen molar-refractivity contribution in [3.8, 4) is 5.75 Å². The molecular formula is C21H18ClFO5. The average molecular weight is 405 g/mol. The van der Waals surface area contributed by atoms with Crippen LogP contribution in [0, 0.1) is 12.7 Å². The quantitative estimate of drug-likeness (QED) is 0.451.